The summed E-state index contributed by atoms with van der Waals surface area (Å²) < 4.78 is 10.7. The van der Waals surface area contributed by atoms with E-state index >= 15 is 0 Å². The topological polar surface area (TPSA) is 71.6 Å². The molecule has 0 spiro atoms. The third kappa shape index (κ3) is 4.21. The molecule has 1 amide bonds. The summed E-state index contributed by atoms with van der Waals surface area (Å²) in [7, 11) is 3.13. The fourth-order valence-corrected chi connectivity index (χ4v) is 3.66. The second kappa shape index (κ2) is 8.98. The summed E-state index contributed by atoms with van der Waals surface area (Å²) in [5.41, 5.74) is 3.14. The first-order valence-corrected chi connectivity index (χ1v) is 10.2. The van der Waals surface area contributed by atoms with Crippen LogP contribution in [0.3, 0.4) is 0 Å². The molecule has 0 aliphatic heterocycles. The van der Waals surface area contributed by atoms with Gasteiger partial charge >= 0.3 is 0 Å². The molecule has 1 aromatic heterocycles. The number of carbonyl (C=O) groups is 1. The molecule has 32 heavy (non-hydrogen) atoms. The molecule has 0 saturated carbocycles. The number of nitrogens with one attached hydrogen (secondary N) is 1. The number of nitrogens with zero attached hydrogens (tertiary/aromatic N) is 1. The summed E-state index contributed by atoms with van der Waals surface area (Å²) in [6, 6.07) is 21.9. The van der Waals surface area contributed by atoms with Crippen molar-refractivity contribution < 1.29 is 14.3 Å². The van der Waals surface area contributed by atoms with Gasteiger partial charge in [-0.3, -0.25) is 9.59 Å². The summed E-state index contributed by atoms with van der Waals surface area (Å²) in [5, 5.41) is 0.905. The molecule has 0 radical (unpaired) electrons. The normalized spacial score (nSPS) is 10.7. The number of amides is 1. The van der Waals surface area contributed by atoms with Crippen molar-refractivity contribution in [2.24, 2.45) is 0 Å². The van der Waals surface area contributed by atoms with Crippen molar-refractivity contribution in [1.82, 2.24) is 4.98 Å². The summed E-state index contributed by atoms with van der Waals surface area (Å²) in [5.74, 6) is 0.953. The van der Waals surface area contributed by atoms with E-state index in [1.165, 1.54) is 0 Å². The minimum absolute atomic E-state index is 0.0877. The van der Waals surface area contributed by atoms with Crippen molar-refractivity contribution in [1.29, 1.82) is 0 Å². The van der Waals surface area contributed by atoms with Crippen LogP contribution in [0.15, 0.2) is 77.6 Å². The van der Waals surface area contributed by atoms with Crippen molar-refractivity contribution in [3.63, 3.8) is 0 Å². The second-order valence-electron chi connectivity index (χ2n) is 7.51. The number of anilines is 1. The molecule has 4 rings (SSSR count). The van der Waals surface area contributed by atoms with Gasteiger partial charge < -0.3 is 19.4 Å². The van der Waals surface area contributed by atoms with E-state index < -0.39 is 0 Å². The SMILES string of the molecule is COc1ccc(C(=O)N(Cc2cc3ccc(C)cc3[nH]c2=O)c2ccccc2OC)cc1. The quantitative estimate of drug-likeness (QED) is 0.483. The zero-order valence-corrected chi connectivity index (χ0v) is 18.2. The number of benzene rings is 3. The van der Waals surface area contributed by atoms with Gasteiger partial charge in [-0.1, -0.05) is 24.3 Å². The largest absolute Gasteiger partial charge is 0.497 e. The number of fused-ring (bicyclic) bond motifs is 1. The zero-order chi connectivity index (χ0) is 22.7. The highest BCUT2D eigenvalue weighted by molar-refractivity contribution is 6.07. The molecule has 1 heterocycles. The van der Waals surface area contributed by atoms with Gasteiger partial charge in [0.1, 0.15) is 11.5 Å². The van der Waals surface area contributed by atoms with Gasteiger partial charge in [0.15, 0.2) is 0 Å². The molecule has 0 bridgehead atoms. The number of hydrogen-bond acceptors (Lipinski definition) is 4. The predicted molar refractivity (Wildman–Crippen MR) is 126 cm³/mol. The highest BCUT2D eigenvalue weighted by Gasteiger charge is 2.22. The van der Waals surface area contributed by atoms with Gasteiger partial charge in [-0.25, -0.2) is 0 Å². The van der Waals surface area contributed by atoms with Crippen LogP contribution < -0.4 is 19.9 Å². The Morgan fingerprint density at radius 1 is 0.938 bits per heavy atom. The first kappa shape index (κ1) is 21.2. The number of aromatic nitrogens is 1. The molecule has 0 saturated heterocycles. The van der Waals surface area contributed by atoms with Crippen LogP contribution in [0.4, 0.5) is 5.69 Å². The number of methoxy groups -OCH3 is 2. The maximum Gasteiger partial charge on any atom is 0.258 e. The highest BCUT2D eigenvalue weighted by Crippen LogP contribution is 2.30. The molecule has 0 atom stereocenters. The molecule has 1 N–H and O–H groups in total. The van der Waals surface area contributed by atoms with E-state index in [4.69, 9.17) is 9.47 Å². The number of aryl methyl sites for hydroxylation is 1. The van der Waals surface area contributed by atoms with Crippen LogP contribution in [0.1, 0.15) is 21.5 Å². The molecular weight excluding hydrogens is 404 g/mol. The first-order chi connectivity index (χ1) is 15.5. The van der Waals surface area contributed by atoms with Gasteiger partial charge in [0, 0.05) is 16.6 Å². The Bertz CT molecular complexity index is 1330. The molecule has 3 aromatic carbocycles. The molecule has 162 valence electrons. The zero-order valence-electron chi connectivity index (χ0n) is 18.2. The number of ether oxygens (including phenoxy) is 2. The summed E-state index contributed by atoms with van der Waals surface area (Å²) >= 11 is 0. The smallest absolute Gasteiger partial charge is 0.258 e. The number of rotatable bonds is 6. The Balaban J connectivity index is 1.79. The maximum atomic E-state index is 13.6. The average molecular weight is 428 g/mol. The lowest BCUT2D eigenvalue weighted by atomic mass is 10.1. The van der Waals surface area contributed by atoms with E-state index in [0.29, 0.717) is 28.3 Å². The van der Waals surface area contributed by atoms with Crippen LogP contribution >= 0.6 is 0 Å². The predicted octanol–water partition coefficient (Wildman–Crippen LogP) is 4.70. The molecule has 0 fully saturated rings. The van der Waals surface area contributed by atoms with E-state index in [1.807, 2.05) is 43.3 Å². The van der Waals surface area contributed by atoms with E-state index in [-0.39, 0.29) is 18.0 Å². The number of pyridine rings is 1. The molecule has 6 heteroatoms. The minimum Gasteiger partial charge on any atom is -0.497 e. The van der Waals surface area contributed by atoms with Crippen molar-refractivity contribution in [2.45, 2.75) is 13.5 Å². The van der Waals surface area contributed by atoms with Crippen LogP contribution in [-0.4, -0.2) is 25.1 Å². The Morgan fingerprint density at radius 3 is 2.41 bits per heavy atom. The van der Waals surface area contributed by atoms with E-state index in [2.05, 4.69) is 4.98 Å². The molecular formula is C26H24N2O4. The lowest BCUT2D eigenvalue weighted by Crippen LogP contribution is -2.33. The van der Waals surface area contributed by atoms with Gasteiger partial charge in [0.2, 0.25) is 0 Å². The van der Waals surface area contributed by atoms with Gasteiger partial charge in [-0.2, -0.15) is 0 Å². The summed E-state index contributed by atoms with van der Waals surface area (Å²) in [6.45, 7) is 2.06. The van der Waals surface area contributed by atoms with E-state index in [0.717, 1.165) is 16.5 Å². The van der Waals surface area contributed by atoms with Gasteiger partial charge in [-0.05, 0) is 66.4 Å². The van der Waals surface area contributed by atoms with Gasteiger partial charge in [0.25, 0.3) is 11.5 Å². The van der Waals surface area contributed by atoms with Crippen LogP contribution in [-0.2, 0) is 6.54 Å². The Morgan fingerprint density at radius 2 is 1.69 bits per heavy atom. The summed E-state index contributed by atoms with van der Waals surface area (Å²) in [6.07, 6.45) is 0. The molecule has 6 nitrogen and oxygen atoms in total. The number of hydrogen-bond donors (Lipinski definition) is 1. The van der Waals surface area contributed by atoms with Gasteiger partial charge in [0.05, 0.1) is 26.5 Å². The van der Waals surface area contributed by atoms with Crippen LogP contribution in [0.25, 0.3) is 10.9 Å². The molecule has 4 aromatic rings. The molecule has 0 aliphatic carbocycles. The summed E-state index contributed by atoms with van der Waals surface area (Å²) in [4.78, 5) is 30.9. The van der Waals surface area contributed by atoms with Crippen molar-refractivity contribution in [3.8, 4) is 11.5 Å². The van der Waals surface area contributed by atoms with Crippen molar-refractivity contribution >= 4 is 22.5 Å². The molecule has 0 unspecified atom stereocenters. The maximum absolute atomic E-state index is 13.6. The standard InChI is InChI=1S/C26H24N2O4/c1-17-8-9-19-15-20(25(29)27-22(19)14-17)16-28(23-6-4-5-7-24(23)32-3)26(30)18-10-12-21(31-2)13-11-18/h4-15H,16H2,1-3H3,(H,27,29). The van der Waals surface area contributed by atoms with Crippen molar-refractivity contribution in [3.05, 3.63) is 99.8 Å². The molecule has 0 aliphatic rings. The van der Waals surface area contributed by atoms with Crippen LogP contribution in [0.5, 0.6) is 11.5 Å². The second-order valence-corrected chi connectivity index (χ2v) is 7.51. The number of para-hydroxylation sites is 2. The first-order valence-electron chi connectivity index (χ1n) is 10.2. The fourth-order valence-electron chi connectivity index (χ4n) is 3.66. The number of H-pyrrole nitrogens is 1. The third-order valence-electron chi connectivity index (χ3n) is 5.36. The third-order valence-corrected chi connectivity index (χ3v) is 5.36. The Labute approximate surface area is 186 Å². The lowest BCUT2D eigenvalue weighted by Gasteiger charge is -2.25. The average Bonchev–Trinajstić information content (AvgIpc) is 2.82. The van der Waals surface area contributed by atoms with E-state index in [1.54, 1.807) is 55.5 Å². The minimum atomic E-state index is -0.249. The monoisotopic (exact) mass is 428 g/mol. The fraction of sp³-hybridized carbons (Fsp3) is 0.154. The van der Waals surface area contributed by atoms with Crippen molar-refractivity contribution in [2.75, 3.05) is 19.1 Å². The van der Waals surface area contributed by atoms with E-state index in [9.17, 15) is 9.59 Å². The lowest BCUT2D eigenvalue weighted by molar-refractivity contribution is 0.0984. The Hall–Kier alpha value is -4.06. The highest BCUT2D eigenvalue weighted by atomic mass is 16.5. The number of aromatic amines is 1. The van der Waals surface area contributed by atoms with Gasteiger partial charge in [-0.15, -0.1) is 0 Å². The van der Waals surface area contributed by atoms with Crippen LogP contribution in [0, 0.1) is 6.92 Å². The Kier molecular flexibility index (Phi) is 5.94. The van der Waals surface area contributed by atoms with Crippen LogP contribution in [0.2, 0.25) is 0 Å². The number of carbonyl (C=O) groups excluding carboxylic acids is 1.